The number of hydrogen-bond acceptors (Lipinski definition) is 1. The Morgan fingerprint density at radius 2 is 1.27 bits per heavy atom. The van der Waals surface area contributed by atoms with Crippen LogP contribution in [0.25, 0.3) is 22.5 Å². The van der Waals surface area contributed by atoms with E-state index in [1.54, 1.807) is 0 Å². The van der Waals surface area contributed by atoms with Crippen molar-refractivity contribution in [1.82, 2.24) is 0 Å². The van der Waals surface area contributed by atoms with E-state index in [2.05, 4.69) is 97.1 Å². The first-order chi connectivity index (χ1) is 12.9. The highest BCUT2D eigenvalue weighted by atomic mass is 14.8. The van der Waals surface area contributed by atoms with Gasteiger partial charge in [0.15, 0.2) is 0 Å². The van der Waals surface area contributed by atoms with Gasteiger partial charge in [-0.05, 0) is 28.5 Å². The van der Waals surface area contributed by atoms with Crippen LogP contribution in [-0.2, 0) is 0 Å². The second-order valence-corrected chi connectivity index (χ2v) is 6.51. The maximum Gasteiger partial charge on any atom is 0.0788 e. The van der Waals surface area contributed by atoms with Gasteiger partial charge in [0.1, 0.15) is 0 Å². The van der Waals surface area contributed by atoms with E-state index < -0.39 is 0 Å². The number of nitrogens with zero attached hydrogens (tertiary/aromatic N) is 1. The average Bonchev–Trinajstić information content (AvgIpc) is 3.07. The third-order valence-electron chi connectivity index (χ3n) is 4.82. The smallest absolute Gasteiger partial charge is 0.0788 e. The molecule has 0 amide bonds. The third kappa shape index (κ3) is 2.55. The molecule has 1 heteroatoms. The Morgan fingerprint density at radius 3 is 2.12 bits per heavy atom. The maximum absolute atomic E-state index is 5.01. The molecule has 5 rings (SSSR count). The lowest BCUT2D eigenvalue weighted by molar-refractivity contribution is 1.57. The molecule has 1 heterocycles. The summed E-state index contributed by atoms with van der Waals surface area (Å²) in [4.78, 5) is 5.01. The van der Waals surface area contributed by atoms with E-state index in [9.17, 15) is 0 Å². The Balaban J connectivity index is 1.68. The molecule has 0 aliphatic carbocycles. The van der Waals surface area contributed by atoms with Crippen LogP contribution < -0.4 is 0 Å². The lowest BCUT2D eigenvalue weighted by atomic mass is 9.97. The first-order valence-electron chi connectivity index (χ1n) is 8.83. The van der Waals surface area contributed by atoms with E-state index in [0.29, 0.717) is 0 Å². The van der Waals surface area contributed by atoms with E-state index in [4.69, 9.17) is 4.99 Å². The fourth-order valence-electron chi connectivity index (χ4n) is 3.53. The summed E-state index contributed by atoms with van der Waals surface area (Å²) in [6.07, 6.45) is 2.16. The molecule has 0 spiro atoms. The van der Waals surface area contributed by atoms with Crippen LogP contribution in [0.5, 0.6) is 0 Å². The van der Waals surface area contributed by atoms with Crippen molar-refractivity contribution in [3.8, 4) is 0 Å². The molecule has 4 aromatic carbocycles. The zero-order valence-electron chi connectivity index (χ0n) is 14.3. The number of aliphatic imine (C=N–C) groups is 1. The molecule has 0 atom stereocenters. The van der Waals surface area contributed by atoms with Crippen molar-refractivity contribution in [3.05, 3.63) is 119 Å². The molecule has 0 fully saturated rings. The van der Waals surface area contributed by atoms with Crippen molar-refractivity contribution >= 4 is 28.3 Å². The van der Waals surface area contributed by atoms with Crippen molar-refractivity contribution < 1.29 is 0 Å². The van der Waals surface area contributed by atoms with Gasteiger partial charge in [-0.3, -0.25) is 0 Å². The monoisotopic (exact) mass is 331 g/mol. The van der Waals surface area contributed by atoms with Gasteiger partial charge in [-0.2, -0.15) is 0 Å². The first kappa shape index (κ1) is 14.9. The standard InChI is InChI=1S/C25H17N/c1-2-8-18(9-3-1)16-24-22-12-6-7-13-23(22)25(26-24)21-15-14-19-10-4-5-11-20(19)17-21/h1-17H/b24-16+. The minimum absolute atomic E-state index is 1.02. The van der Waals surface area contributed by atoms with Crippen LogP contribution in [0.3, 0.4) is 0 Å². The van der Waals surface area contributed by atoms with Gasteiger partial charge < -0.3 is 0 Å². The first-order valence-corrected chi connectivity index (χ1v) is 8.83. The molecule has 0 unspecified atom stereocenters. The largest absolute Gasteiger partial charge is 0.247 e. The molecule has 1 aliphatic heterocycles. The zero-order valence-corrected chi connectivity index (χ0v) is 14.3. The minimum atomic E-state index is 1.02. The topological polar surface area (TPSA) is 12.4 Å². The van der Waals surface area contributed by atoms with Crippen LogP contribution in [0.4, 0.5) is 0 Å². The fraction of sp³-hybridized carbons (Fsp3) is 0. The van der Waals surface area contributed by atoms with Gasteiger partial charge in [0.25, 0.3) is 0 Å². The highest BCUT2D eigenvalue weighted by molar-refractivity contribution is 6.22. The normalized spacial score (nSPS) is 14.5. The highest BCUT2D eigenvalue weighted by Gasteiger charge is 2.21. The number of rotatable bonds is 2. The van der Waals surface area contributed by atoms with Crippen LogP contribution in [0.2, 0.25) is 0 Å². The fourth-order valence-corrected chi connectivity index (χ4v) is 3.53. The van der Waals surface area contributed by atoms with E-state index in [1.807, 2.05) is 6.07 Å². The Morgan fingerprint density at radius 1 is 0.577 bits per heavy atom. The predicted octanol–water partition coefficient (Wildman–Crippen LogP) is 6.19. The van der Waals surface area contributed by atoms with Gasteiger partial charge in [-0.15, -0.1) is 0 Å². The van der Waals surface area contributed by atoms with Crippen LogP contribution in [-0.4, -0.2) is 5.71 Å². The van der Waals surface area contributed by atoms with Gasteiger partial charge in [0, 0.05) is 16.7 Å². The summed E-state index contributed by atoms with van der Waals surface area (Å²) in [5, 5.41) is 2.49. The molecule has 1 nitrogen and oxygen atoms in total. The second-order valence-electron chi connectivity index (χ2n) is 6.51. The maximum atomic E-state index is 5.01. The lowest BCUT2D eigenvalue weighted by Crippen LogP contribution is -2.00. The van der Waals surface area contributed by atoms with Gasteiger partial charge in [0.2, 0.25) is 0 Å². The summed E-state index contributed by atoms with van der Waals surface area (Å²) in [7, 11) is 0. The molecule has 0 saturated heterocycles. The number of benzene rings is 4. The van der Waals surface area contributed by atoms with Crippen molar-refractivity contribution in [1.29, 1.82) is 0 Å². The summed E-state index contributed by atoms with van der Waals surface area (Å²) in [6, 6.07) is 33.9. The van der Waals surface area contributed by atoms with Gasteiger partial charge >= 0.3 is 0 Å². The number of hydrogen-bond donors (Lipinski definition) is 0. The summed E-state index contributed by atoms with van der Waals surface area (Å²) >= 11 is 0. The van der Waals surface area contributed by atoms with Gasteiger partial charge in [0.05, 0.1) is 11.4 Å². The van der Waals surface area contributed by atoms with Crippen molar-refractivity contribution in [2.45, 2.75) is 0 Å². The minimum Gasteiger partial charge on any atom is -0.247 e. The Bertz CT molecular complexity index is 1170. The molecule has 122 valence electrons. The second kappa shape index (κ2) is 6.12. The Labute approximate surface area is 153 Å². The molecule has 4 aromatic rings. The molecule has 26 heavy (non-hydrogen) atoms. The predicted molar refractivity (Wildman–Crippen MR) is 110 cm³/mol. The zero-order chi connectivity index (χ0) is 17.3. The molecule has 0 bridgehead atoms. The Kier molecular flexibility index (Phi) is 3.50. The molecule has 0 radical (unpaired) electrons. The molecule has 1 aliphatic rings. The summed E-state index contributed by atoms with van der Waals surface area (Å²) < 4.78 is 0. The molecule has 0 aromatic heterocycles. The summed E-state index contributed by atoms with van der Waals surface area (Å²) in [6.45, 7) is 0. The number of fused-ring (bicyclic) bond motifs is 2. The average molecular weight is 331 g/mol. The molecular formula is C25H17N. The van der Waals surface area contributed by atoms with E-state index in [1.165, 1.54) is 27.5 Å². The highest BCUT2D eigenvalue weighted by Crippen LogP contribution is 2.33. The Hall–Kier alpha value is -3.45. The molecular weight excluding hydrogens is 314 g/mol. The molecule has 0 N–H and O–H groups in total. The van der Waals surface area contributed by atoms with Crippen molar-refractivity contribution in [2.75, 3.05) is 0 Å². The van der Waals surface area contributed by atoms with E-state index >= 15 is 0 Å². The van der Waals surface area contributed by atoms with Crippen molar-refractivity contribution in [3.63, 3.8) is 0 Å². The molecule has 0 saturated carbocycles. The third-order valence-corrected chi connectivity index (χ3v) is 4.82. The SMILES string of the molecule is C(=C1\N=C(c2ccc3ccccc3c2)c2ccccc21)/c1ccccc1. The van der Waals surface area contributed by atoms with E-state index in [0.717, 1.165) is 17.0 Å². The van der Waals surface area contributed by atoms with E-state index in [-0.39, 0.29) is 0 Å². The lowest BCUT2D eigenvalue weighted by Gasteiger charge is -2.05. The van der Waals surface area contributed by atoms with Gasteiger partial charge in [-0.1, -0.05) is 91.0 Å². The summed E-state index contributed by atoms with van der Waals surface area (Å²) in [5.41, 5.74) is 6.79. The van der Waals surface area contributed by atoms with Crippen LogP contribution in [0, 0.1) is 0 Å². The van der Waals surface area contributed by atoms with Crippen LogP contribution in [0.15, 0.2) is 102 Å². The van der Waals surface area contributed by atoms with Gasteiger partial charge in [-0.25, -0.2) is 4.99 Å². The van der Waals surface area contributed by atoms with Crippen molar-refractivity contribution in [2.24, 2.45) is 4.99 Å². The summed E-state index contributed by atoms with van der Waals surface area (Å²) in [5.74, 6) is 0. The quantitative estimate of drug-likeness (QED) is 0.415. The van der Waals surface area contributed by atoms with Crippen LogP contribution in [0.1, 0.15) is 22.3 Å². The van der Waals surface area contributed by atoms with Crippen LogP contribution >= 0.6 is 0 Å².